The molecule has 9 heteroatoms. The summed E-state index contributed by atoms with van der Waals surface area (Å²) in [5, 5.41) is 0. The van der Waals surface area contributed by atoms with E-state index in [2.05, 4.69) is 4.74 Å². The van der Waals surface area contributed by atoms with Crippen LogP contribution in [0.25, 0.3) is 0 Å². The average molecular weight is 453 g/mol. The number of methoxy groups -OCH3 is 1. The molecule has 1 aliphatic carbocycles. The average Bonchev–Trinajstić information content (AvgIpc) is 3.51. The van der Waals surface area contributed by atoms with Crippen molar-refractivity contribution in [2.75, 3.05) is 33.4 Å². The van der Waals surface area contributed by atoms with Crippen LogP contribution < -0.4 is 9.47 Å². The molecule has 0 bridgehead atoms. The van der Waals surface area contributed by atoms with Gasteiger partial charge in [-0.3, -0.25) is 9.53 Å². The van der Waals surface area contributed by atoms with Gasteiger partial charge in [-0.2, -0.15) is 0 Å². The normalized spacial score (nSPS) is 22.3. The second kappa shape index (κ2) is 8.61. The summed E-state index contributed by atoms with van der Waals surface area (Å²) in [5.41, 5.74) is 1.56. The Bertz CT molecular complexity index is 979. The number of piperidine rings is 1. The number of halogens is 4. The fourth-order valence-corrected chi connectivity index (χ4v) is 4.49. The van der Waals surface area contributed by atoms with E-state index in [9.17, 15) is 22.4 Å². The molecule has 2 aliphatic rings. The zero-order chi connectivity index (χ0) is 22.9. The van der Waals surface area contributed by atoms with Crippen LogP contribution in [-0.4, -0.2) is 50.6 Å². The van der Waals surface area contributed by atoms with Gasteiger partial charge < -0.3 is 14.4 Å². The number of hydrogen-bond acceptors (Lipinski definition) is 4. The molecule has 1 heterocycles. The summed E-state index contributed by atoms with van der Waals surface area (Å²) >= 11 is 0. The lowest BCUT2D eigenvalue weighted by atomic mass is 9.87. The molecule has 2 aromatic carbocycles. The predicted octanol–water partition coefficient (Wildman–Crippen LogP) is 4.55. The SMILES string of the molecule is COc1cc(C(=O)N2CCC3(c4ccc(F)cc4)CC3C2)ccc1OCCOC(F)(F)F. The van der Waals surface area contributed by atoms with E-state index >= 15 is 0 Å². The molecule has 32 heavy (non-hydrogen) atoms. The predicted molar refractivity (Wildman–Crippen MR) is 107 cm³/mol. The maximum absolute atomic E-state index is 13.2. The second-order valence-electron chi connectivity index (χ2n) is 8.07. The number of amides is 1. The number of carbonyl (C=O) groups is 1. The fraction of sp³-hybridized carbons (Fsp3) is 0.435. The number of rotatable bonds is 7. The van der Waals surface area contributed by atoms with Crippen molar-refractivity contribution in [3.63, 3.8) is 0 Å². The first-order chi connectivity index (χ1) is 15.2. The Morgan fingerprint density at radius 3 is 2.53 bits per heavy atom. The minimum Gasteiger partial charge on any atom is -0.493 e. The summed E-state index contributed by atoms with van der Waals surface area (Å²) in [6.07, 6.45) is -2.93. The number of fused-ring (bicyclic) bond motifs is 1. The summed E-state index contributed by atoms with van der Waals surface area (Å²) < 4.78 is 63.6. The largest absolute Gasteiger partial charge is 0.522 e. The number of likely N-dealkylation sites (tertiary alicyclic amines) is 1. The maximum atomic E-state index is 13.2. The summed E-state index contributed by atoms with van der Waals surface area (Å²) in [6, 6.07) is 11.2. The molecule has 0 radical (unpaired) electrons. The number of carbonyl (C=O) groups excluding carboxylic acids is 1. The standard InChI is InChI=1S/C23H23F4NO4/c1-30-20-12-15(2-7-19(20)31-10-11-32-23(25,26)27)21(29)28-9-8-22(13-17(22)14-28)16-3-5-18(24)6-4-16/h2-7,12,17H,8-11,13-14H2,1H3. The molecule has 4 rings (SSSR count). The quantitative estimate of drug-likeness (QED) is 0.456. The van der Waals surface area contributed by atoms with Gasteiger partial charge in [-0.1, -0.05) is 12.1 Å². The van der Waals surface area contributed by atoms with E-state index in [-0.39, 0.29) is 35.2 Å². The highest BCUT2D eigenvalue weighted by Crippen LogP contribution is 2.59. The molecule has 2 fully saturated rings. The zero-order valence-electron chi connectivity index (χ0n) is 17.5. The molecule has 1 saturated carbocycles. The lowest BCUT2D eigenvalue weighted by Gasteiger charge is -2.32. The molecule has 2 aromatic rings. The van der Waals surface area contributed by atoms with Crippen LogP contribution in [0.2, 0.25) is 0 Å². The monoisotopic (exact) mass is 453 g/mol. The number of nitrogens with zero attached hydrogens (tertiary/aromatic N) is 1. The Morgan fingerprint density at radius 1 is 1.12 bits per heavy atom. The zero-order valence-corrected chi connectivity index (χ0v) is 17.5. The van der Waals surface area contributed by atoms with Gasteiger partial charge in [0.05, 0.1) is 13.7 Å². The van der Waals surface area contributed by atoms with Gasteiger partial charge >= 0.3 is 6.36 Å². The van der Waals surface area contributed by atoms with Crippen molar-refractivity contribution in [1.29, 1.82) is 0 Å². The Morgan fingerprint density at radius 2 is 1.88 bits per heavy atom. The van der Waals surface area contributed by atoms with E-state index in [1.165, 1.54) is 31.4 Å². The van der Waals surface area contributed by atoms with Crippen molar-refractivity contribution in [2.24, 2.45) is 5.92 Å². The molecule has 5 nitrogen and oxygen atoms in total. The minimum atomic E-state index is -4.71. The first kappa shape index (κ1) is 22.4. The highest BCUT2D eigenvalue weighted by atomic mass is 19.4. The van der Waals surface area contributed by atoms with Gasteiger partial charge in [-0.25, -0.2) is 4.39 Å². The van der Waals surface area contributed by atoms with Crippen LogP contribution in [0.5, 0.6) is 11.5 Å². The summed E-state index contributed by atoms with van der Waals surface area (Å²) in [5.74, 6) is 0.417. The second-order valence-corrected chi connectivity index (χ2v) is 8.07. The highest BCUT2D eigenvalue weighted by Gasteiger charge is 2.57. The Hall–Kier alpha value is -2.81. The molecule has 2 atom stereocenters. The Labute approximate surface area is 182 Å². The third-order valence-electron chi connectivity index (χ3n) is 6.22. The topological polar surface area (TPSA) is 48.0 Å². The molecular formula is C23H23F4NO4. The molecule has 0 aromatic heterocycles. The molecule has 2 unspecified atom stereocenters. The van der Waals surface area contributed by atoms with Crippen molar-refractivity contribution in [3.05, 3.63) is 59.4 Å². The van der Waals surface area contributed by atoms with Crippen LogP contribution in [0.4, 0.5) is 17.6 Å². The smallest absolute Gasteiger partial charge is 0.493 e. The minimum absolute atomic E-state index is 0.0261. The van der Waals surface area contributed by atoms with Crippen LogP contribution in [0, 0.1) is 11.7 Å². The van der Waals surface area contributed by atoms with Crippen LogP contribution in [-0.2, 0) is 10.2 Å². The summed E-state index contributed by atoms with van der Waals surface area (Å²) in [4.78, 5) is 14.8. The first-order valence-corrected chi connectivity index (χ1v) is 10.3. The van der Waals surface area contributed by atoms with Crippen LogP contribution in [0.15, 0.2) is 42.5 Å². The van der Waals surface area contributed by atoms with E-state index in [1.54, 1.807) is 11.0 Å². The van der Waals surface area contributed by atoms with Crippen LogP contribution >= 0.6 is 0 Å². The van der Waals surface area contributed by atoms with Gasteiger partial charge in [0.1, 0.15) is 12.4 Å². The van der Waals surface area contributed by atoms with E-state index in [4.69, 9.17) is 9.47 Å². The fourth-order valence-electron chi connectivity index (χ4n) is 4.49. The van der Waals surface area contributed by atoms with Gasteiger partial charge in [0.15, 0.2) is 11.5 Å². The van der Waals surface area contributed by atoms with Crippen molar-refractivity contribution < 1.29 is 36.6 Å². The molecular weight excluding hydrogens is 430 g/mol. The summed E-state index contributed by atoms with van der Waals surface area (Å²) in [6.45, 7) is 0.231. The Balaban J connectivity index is 1.37. The highest BCUT2D eigenvalue weighted by molar-refractivity contribution is 5.95. The van der Waals surface area contributed by atoms with E-state index in [1.807, 2.05) is 12.1 Å². The molecule has 172 valence electrons. The maximum Gasteiger partial charge on any atom is 0.522 e. The van der Waals surface area contributed by atoms with Crippen LogP contribution in [0.3, 0.4) is 0 Å². The third-order valence-corrected chi connectivity index (χ3v) is 6.22. The van der Waals surface area contributed by atoms with E-state index < -0.39 is 13.0 Å². The van der Waals surface area contributed by atoms with Crippen molar-refractivity contribution in [2.45, 2.75) is 24.6 Å². The van der Waals surface area contributed by atoms with E-state index in [0.717, 1.165) is 18.4 Å². The lowest BCUT2D eigenvalue weighted by molar-refractivity contribution is -0.325. The number of ether oxygens (including phenoxy) is 3. The molecule has 0 spiro atoms. The van der Waals surface area contributed by atoms with Crippen LogP contribution in [0.1, 0.15) is 28.8 Å². The first-order valence-electron chi connectivity index (χ1n) is 10.3. The molecule has 0 N–H and O–H groups in total. The lowest BCUT2D eigenvalue weighted by Crippen LogP contribution is -2.40. The number of hydrogen-bond donors (Lipinski definition) is 0. The molecule has 1 amide bonds. The van der Waals surface area contributed by atoms with Gasteiger partial charge in [0.25, 0.3) is 5.91 Å². The number of benzene rings is 2. The van der Waals surface area contributed by atoms with E-state index in [0.29, 0.717) is 24.6 Å². The van der Waals surface area contributed by atoms with Gasteiger partial charge in [0, 0.05) is 24.1 Å². The van der Waals surface area contributed by atoms with Crippen molar-refractivity contribution in [3.8, 4) is 11.5 Å². The van der Waals surface area contributed by atoms with Gasteiger partial charge in [-0.15, -0.1) is 13.2 Å². The number of alkyl halides is 3. The Kier molecular flexibility index (Phi) is 6.03. The molecule has 1 saturated heterocycles. The third kappa shape index (κ3) is 4.67. The van der Waals surface area contributed by atoms with Crippen molar-refractivity contribution >= 4 is 5.91 Å². The summed E-state index contributed by atoms with van der Waals surface area (Å²) in [7, 11) is 1.39. The molecule has 1 aliphatic heterocycles. The van der Waals surface area contributed by atoms with Gasteiger partial charge in [0.2, 0.25) is 0 Å². The van der Waals surface area contributed by atoms with Crippen molar-refractivity contribution in [1.82, 2.24) is 4.90 Å². The van der Waals surface area contributed by atoms with Gasteiger partial charge in [-0.05, 0) is 54.7 Å².